The van der Waals surface area contributed by atoms with Gasteiger partial charge in [-0.05, 0) is 26.3 Å². The van der Waals surface area contributed by atoms with Crippen LogP contribution >= 0.6 is 0 Å². The lowest BCUT2D eigenvalue weighted by Crippen LogP contribution is -2.25. The molecule has 1 aromatic carbocycles. The SMILES string of the molecule is Cc1c(N2CCC(C(C)O)C2)cc(C(=O)O)cc1[N+](=O)[O-]. The van der Waals surface area contributed by atoms with Crippen molar-refractivity contribution in [1.29, 1.82) is 0 Å². The number of anilines is 1. The van der Waals surface area contributed by atoms with Gasteiger partial charge in [0.15, 0.2) is 0 Å². The zero-order valence-corrected chi connectivity index (χ0v) is 11.9. The number of hydrogen-bond donors (Lipinski definition) is 2. The molecule has 2 unspecified atom stereocenters. The molecule has 0 radical (unpaired) electrons. The third-order valence-corrected chi connectivity index (χ3v) is 4.04. The molecule has 0 bridgehead atoms. The maximum Gasteiger partial charge on any atom is 0.336 e. The van der Waals surface area contributed by atoms with Gasteiger partial charge in [-0.15, -0.1) is 0 Å². The second-order valence-electron chi connectivity index (χ2n) is 5.44. The minimum atomic E-state index is -1.19. The number of aromatic carboxylic acids is 1. The fourth-order valence-corrected chi connectivity index (χ4v) is 2.73. The molecule has 7 heteroatoms. The van der Waals surface area contributed by atoms with Gasteiger partial charge in [-0.1, -0.05) is 0 Å². The number of hydrogen-bond acceptors (Lipinski definition) is 5. The number of aliphatic hydroxyl groups excluding tert-OH is 1. The Morgan fingerprint density at radius 3 is 2.67 bits per heavy atom. The third-order valence-electron chi connectivity index (χ3n) is 4.04. The Balaban J connectivity index is 2.43. The van der Waals surface area contributed by atoms with Gasteiger partial charge in [0.25, 0.3) is 5.69 Å². The monoisotopic (exact) mass is 294 g/mol. The normalized spacial score (nSPS) is 19.6. The second-order valence-corrected chi connectivity index (χ2v) is 5.44. The summed E-state index contributed by atoms with van der Waals surface area (Å²) in [6.45, 7) is 4.56. The van der Waals surface area contributed by atoms with E-state index in [1.54, 1.807) is 13.8 Å². The molecule has 1 heterocycles. The lowest BCUT2D eigenvalue weighted by molar-refractivity contribution is -0.385. The van der Waals surface area contributed by atoms with Crippen LogP contribution in [0.3, 0.4) is 0 Å². The number of aliphatic hydroxyl groups is 1. The number of benzene rings is 1. The van der Waals surface area contributed by atoms with Crippen LogP contribution in [0.15, 0.2) is 12.1 Å². The highest BCUT2D eigenvalue weighted by Crippen LogP contribution is 2.34. The van der Waals surface area contributed by atoms with Crippen LogP contribution in [-0.4, -0.2) is 40.3 Å². The fraction of sp³-hybridized carbons (Fsp3) is 0.500. The summed E-state index contributed by atoms with van der Waals surface area (Å²) in [5.74, 6) is -1.09. The topological polar surface area (TPSA) is 104 Å². The van der Waals surface area contributed by atoms with E-state index in [4.69, 9.17) is 5.11 Å². The van der Waals surface area contributed by atoms with Gasteiger partial charge in [-0.25, -0.2) is 4.79 Å². The first-order valence-electron chi connectivity index (χ1n) is 6.76. The highest BCUT2D eigenvalue weighted by molar-refractivity contribution is 5.90. The molecule has 1 aromatic rings. The van der Waals surface area contributed by atoms with Crippen LogP contribution in [0.2, 0.25) is 0 Å². The first-order valence-corrected chi connectivity index (χ1v) is 6.76. The Morgan fingerprint density at radius 2 is 2.19 bits per heavy atom. The van der Waals surface area contributed by atoms with Gasteiger partial charge in [-0.2, -0.15) is 0 Å². The van der Waals surface area contributed by atoms with E-state index >= 15 is 0 Å². The number of nitro groups is 1. The predicted molar refractivity (Wildman–Crippen MR) is 76.8 cm³/mol. The van der Waals surface area contributed by atoms with Crippen molar-refractivity contribution in [2.75, 3.05) is 18.0 Å². The summed E-state index contributed by atoms with van der Waals surface area (Å²) in [6.07, 6.45) is 0.329. The van der Waals surface area contributed by atoms with Crippen molar-refractivity contribution < 1.29 is 19.9 Å². The molecule has 114 valence electrons. The molecule has 0 spiro atoms. The van der Waals surface area contributed by atoms with E-state index in [2.05, 4.69) is 0 Å². The standard InChI is InChI=1S/C14H18N2O5/c1-8-12(15-4-3-10(7-15)9(2)17)5-11(14(18)19)6-13(8)16(20)21/h5-6,9-10,17H,3-4,7H2,1-2H3,(H,18,19). The highest BCUT2D eigenvalue weighted by Gasteiger charge is 2.29. The van der Waals surface area contributed by atoms with Gasteiger partial charge < -0.3 is 15.1 Å². The number of nitrogens with zero attached hydrogens (tertiary/aromatic N) is 2. The average Bonchev–Trinajstić information content (AvgIpc) is 2.87. The van der Waals surface area contributed by atoms with E-state index in [1.807, 2.05) is 4.90 Å². The second kappa shape index (κ2) is 5.69. The fourth-order valence-electron chi connectivity index (χ4n) is 2.73. The van der Waals surface area contributed by atoms with Crippen LogP contribution in [0.25, 0.3) is 0 Å². The van der Waals surface area contributed by atoms with Crippen molar-refractivity contribution in [3.05, 3.63) is 33.4 Å². The van der Waals surface area contributed by atoms with E-state index in [0.29, 0.717) is 24.3 Å². The Labute approximate surface area is 122 Å². The predicted octanol–water partition coefficient (Wildman–Crippen LogP) is 1.81. The number of nitro benzene ring substituents is 1. The summed E-state index contributed by atoms with van der Waals surface area (Å²) >= 11 is 0. The van der Waals surface area contributed by atoms with Gasteiger partial charge in [0, 0.05) is 30.8 Å². The van der Waals surface area contributed by atoms with Gasteiger partial charge in [-0.3, -0.25) is 10.1 Å². The lowest BCUT2D eigenvalue weighted by atomic mass is 10.0. The molecular weight excluding hydrogens is 276 g/mol. The molecule has 1 saturated heterocycles. The molecule has 0 aromatic heterocycles. The van der Waals surface area contributed by atoms with Gasteiger partial charge in [0.1, 0.15) is 0 Å². The molecule has 21 heavy (non-hydrogen) atoms. The number of carbonyl (C=O) groups is 1. The maximum absolute atomic E-state index is 11.1. The first-order chi connectivity index (χ1) is 9.81. The lowest BCUT2D eigenvalue weighted by Gasteiger charge is -2.22. The molecular formula is C14H18N2O5. The smallest absolute Gasteiger partial charge is 0.336 e. The summed E-state index contributed by atoms with van der Waals surface area (Å²) in [6, 6.07) is 2.55. The molecule has 2 rings (SSSR count). The largest absolute Gasteiger partial charge is 0.478 e. The van der Waals surface area contributed by atoms with E-state index in [1.165, 1.54) is 6.07 Å². The number of rotatable bonds is 4. The molecule has 1 fully saturated rings. The molecule has 7 nitrogen and oxygen atoms in total. The number of carboxylic acid groups (broad SMARTS) is 1. The zero-order valence-electron chi connectivity index (χ0n) is 11.9. The minimum Gasteiger partial charge on any atom is -0.478 e. The Kier molecular flexibility index (Phi) is 4.13. The zero-order chi connectivity index (χ0) is 15.7. The van der Waals surface area contributed by atoms with Crippen LogP contribution in [-0.2, 0) is 0 Å². The van der Waals surface area contributed by atoms with E-state index in [9.17, 15) is 20.0 Å². The molecule has 2 atom stereocenters. The quantitative estimate of drug-likeness (QED) is 0.648. The van der Waals surface area contributed by atoms with Crippen molar-refractivity contribution in [1.82, 2.24) is 0 Å². The molecule has 1 aliphatic heterocycles. The molecule has 0 saturated carbocycles. The Morgan fingerprint density at radius 1 is 1.52 bits per heavy atom. The van der Waals surface area contributed by atoms with Crippen molar-refractivity contribution >= 4 is 17.3 Å². The minimum absolute atomic E-state index is 0.0944. The van der Waals surface area contributed by atoms with Crippen LogP contribution < -0.4 is 4.90 Å². The number of carboxylic acids is 1. The van der Waals surface area contributed by atoms with E-state index in [-0.39, 0.29) is 17.2 Å². The van der Waals surface area contributed by atoms with Crippen LogP contribution in [0.4, 0.5) is 11.4 Å². The van der Waals surface area contributed by atoms with Gasteiger partial charge >= 0.3 is 5.97 Å². The summed E-state index contributed by atoms with van der Waals surface area (Å²) in [5, 5.41) is 29.8. The van der Waals surface area contributed by atoms with Crippen molar-refractivity contribution in [3.63, 3.8) is 0 Å². The van der Waals surface area contributed by atoms with E-state index in [0.717, 1.165) is 12.5 Å². The maximum atomic E-state index is 11.1. The van der Waals surface area contributed by atoms with Gasteiger partial charge in [0.05, 0.1) is 22.2 Å². The van der Waals surface area contributed by atoms with Crippen molar-refractivity contribution in [2.45, 2.75) is 26.4 Å². The summed E-state index contributed by atoms with van der Waals surface area (Å²) in [5.41, 5.74) is 0.731. The highest BCUT2D eigenvalue weighted by atomic mass is 16.6. The van der Waals surface area contributed by atoms with Crippen molar-refractivity contribution in [2.24, 2.45) is 5.92 Å². The summed E-state index contributed by atoms with van der Waals surface area (Å²) in [4.78, 5) is 23.6. The third kappa shape index (κ3) is 2.97. The average molecular weight is 294 g/mol. The van der Waals surface area contributed by atoms with Crippen LogP contribution in [0.1, 0.15) is 29.3 Å². The van der Waals surface area contributed by atoms with Crippen LogP contribution in [0, 0.1) is 23.0 Å². The Bertz CT molecular complexity index is 585. The molecule has 2 N–H and O–H groups in total. The molecule has 0 aliphatic carbocycles. The van der Waals surface area contributed by atoms with E-state index < -0.39 is 17.0 Å². The summed E-state index contributed by atoms with van der Waals surface area (Å²) < 4.78 is 0. The first kappa shape index (κ1) is 15.2. The Hall–Kier alpha value is -2.15. The van der Waals surface area contributed by atoms with Crippen LogP contribution in [0.5, 0.6) is 0 Å². The van der Waals surface area contributed by atoms with Gasteiger partial charge in [0.2, 0.25) is 0 Å². The molecule has 1 aliphatic rings. The summed E-state index contributed by atoms with van der Waals surface area (Å²) in [7, 11) is 0. The van der Waals surface area contributed by atoms with Crippen molar-refractivity contribution in [3.8, 4) is 0 Å². The molecule has 0 amide bonds.